The van der Waals surface area contributed by atoms with Crippen molar-refractivity contribution in [2.45, 2.75) is 13.5 Å². The highest BCUT2D eigenvalue weighted by Gasteiger charge is 2.11. The zero-order chi connectivity index (χ0) is 14.5. The number of phenolic OH excluding ortho intramolecular Hbond substituents is 1. The lowest BCUT2D eigenvalue weighted by Crippen LogP contribution is -2.03. The lowest BCUT2D eigenvalue weighted by molar-refractivity contribution is 0.283. The average Bonchev–Trinajstić information content (AvgIpc) is 2.43. The zero-order valence-corrected chi connectivity index (χ0v) is 11.7. The van der Waals surface area contributed by atoms with Gasteiger partial charge in [-0.3, -0.25) is 4.98 Å². The molecule has 0 aliphatic carbocycles. The minimum Gasteiger partial charge on any atom is -0.508 e. The van der Waals surface area contributed by atoms with Gasteiger partial charge in [0.15, 0.2) is 11.5 Å². The topological polar surface area (TPSA) is 60.8 Å². The van der Waals surface area contributed by atoms with Gasteiger partial charge in [0, 0.05) is 18.3 Å². The van der Waals surface area contributed by atoms with Crippen LogP contribution in [0.2, 0.25) is 0 Å². The minimum atomic E-state index is 0.172. The summed E-state index contributed by atoms with van der Waals surface area (Å²) in [6.45, 7) is 2.11. The number of ether oxygens (including phenoxy) is 3. The predicted octanol–water partition coefficient (Wildman–Crippen LogP) is 2.69. The maximum absolute atomic E-state index is 9.53. The van der Waals surface area contributed by atoms with E-state index < -0.39 is 0 Å². The van der Waals surface area contributed by atoms with Crippen LogP contribution in [0.25, 0.3) is 0 Å². The molecule has 0 saturated carbocycles. The van der Waals surface area contributed by atoms with Gasteiger partial charge in [0.2, 0.25) is 0 Å². The summed E-state index contributed by atoms with van der Waals surface area (Å²) in [7, 11) is 3.13. The third-order valence-electron chi connectivity index (χ3n) is 2.78. The van der Waals surface area contributed by atoms with Crippen molar-refractivity contribution in [1.82, 2.24) is 4.98 Å². The summed E-state index contributed by atoms with van der Waals surface area (Å²) >= 11 is 0. The normalized spacial score (nSPS) is 10.2. The summed E-state index contributed by atoms with van der Waals surface area (Å²) in [4.78, 5) is 4.23. The second-order valence-corrected chi connectivity index (χ2v) is 4.29. The summed E-state index contributed by atoms with van der Waals surface area (Å²) in [6.07, 6.45) is 1.63. The number of aromatic hydroxyl groups is 1. The number of phenols is 1. The molecule has 0 amide bonds. The average molecular weight is 275 g/mol. The first kappa shape index (κ1) is 14.0. The molecule has 0 aliphatic rings. The van der Waals surface area contributed by atoms with E-state index in [1.54, 1.807) is 38.6 Å². The van der Waals surface area contributed by atoms with Gasteiger partial charge >= 0.3 is 0 Å². The van der Waals surface area contributed by atoms with Gasteiger partial charge in [-0.25, -0.2) is 0 Å². The Morgan fingerprint density at radius 2 is 1.95 bits per heavy atom. The Morgan fingerprint density at radius 3 is 2.60 bits per heavy atom. The van der Waals surface area contributed by atoms with Crippen LogP contribution in [0.3, 0.4) is 0 Å². The van der Waals surface area contributed by atoms with E-state index in [0.29, 0.717) is 22.9 Å². The molecule has 0 fully saturated rings. The van der Waals surface area contributed by atoms with Crippen molar-refractivity contribution in [3.05, 3.63) is 41.7 Å². The van der Waals surface area contributed by atoms with E-state index in [1.807, 2.05) is 13.0 Å². The van der Waals surface area contributed by atoms with Crippen LogP contribution in [-0.4, -0.2) is 24.3 Å². The quantitative estimate of drug-likeness (QED) is 0.909. The molecule has 5 nitrogen and oxygen atoms in total. The lowest BCUT2D eigenvalue weighted by Gasteiger charge is -2.12. The first-order chi connectivity index (χ1) is 9.63. The van der Waals surface area contributed by atoms with Crippen LogP contribution in [0, 0.1) is 6.92 Å². The van der Waals surface area contributed by atoms with Gasteiger partial charge in [-0.2, -0.15) is 0 Å². The zero-order valence-electron chi connectivity index (χ0n) is 11.7. The third kappa shape index (κ3) is 3.12. The highest BCUT2D eigenvalue weighted by molar-refractivity contribution is 5.43. The number of methoxy groups -OCH3 is 2. The fourth-order valence-corrected chi connectivity index (χ4v) is 1.92. The van der Waals surface area contributed by atoms with Gasteiger partial charge in [-0.15, -0.1) is 0 Å². The molecule has 2 aromatic rings. The highest BCUT2D eigenvalue weighted by Crippen LogP contribution is 2.30. The van der Waals surface area contributed by atoms with Gasteiger partial charge in [0.05, 0.1) is 14.2 Å². The number of hydrogen-bond donors (Lipinski definition) is 1. The monoisotopic (exact) mass is 275 g/mol. The van der Waals surface area contributed by atoms with Gasteiger partial charge in [0.25, 0.3) is 0 Å². The Labute approximate surface area is 117 Å². The Morgan fingerprint density at radius 1 is 1.15 bits per heavy atom. The molecule has 5 heteroatoms. The maximum Gasteiger partial charge on any atom is 0.185 e. The molecule has 106 valence electrons. The van der Waals surface area contributed by atoms with Crippen molar-refractivity contribution < 1.29 is 19.3 Å². The second-order valence-electron chi connectivity index (χ2n) is 4.29. The standard InChI is InChI=1S/C15H17NO4/c1-10-6-11(17)8-12(7-10)20-9-13-15(19-3)14(18-2)4-5-16-13/h4-8,17H,9H2,1-3H3. The van der Waals surface area contributed by atoms with Crippen molar-refractivity contribution in [2.24, 2.45) is 0 Å². The number of aromatic nitrogens is 1. The van der Waals surface area contributed by atoms with Gasteiger partial charge in [-0.05, 0) is 24.6 Å². The molecular formula is C15H17NO4. The third-order valence-corrected chi connectivity index (χ3v) is 2.78. The number of rotatable bonds is 5. The Bertz CT molecular complexity index is 578. The molecule has 0 bridgehead atoms. The van der Waals surface area contributed by atoms with Crippen molar-refractivity contribution in [1.29, 1.82) is 0 Å². The van der Waals surface area contributed by atoms with E-state index in [9.17, 15) is 5.11 Å². The molecule has 1 aromatic heterocycles. The molecule has 0 saturated heterocycles. The number of pyridine rings is 1. The molecule has 2 rings (SSSR count). The molecule has 0 aliphatic heterocycles. The Hall–Kier alpha value is -2.43. The lowest BCUT2D eigenvalue weighted by atomic mass is 10.2. The van der Waals surface area contributed by atoms with E-state index in [2.05, 4.69) is 4.98 Å². The summed E-state index contributed by atoms with van der Waals surface area (Å²) in [5, 5.41) is 9.53. The fraction of sp³-hybridized carbons (Fsp3) is 0.267. The van der Waals surface area contributed by atoms with Crippen molar-refractivity contribution in [2.75, 3.05) is 14.2 Å². The summed E-state index contributed by atoms with van der Waals surface area (Å²) in [6, 6.07) is 6.78. The maximum atomic E-state index is 9.53. The Balaban J connectivity index is 2.18. The number of nitrogens with zero attached hydrogens (tertiary/aromatic N) is 1. The van der Waals surface area contributed by atoms with Crippen LogP contribution in [0.4, 0.5) is 0 Å². The van der Waals surface area contributed by atoms with Crippen LogP contribution in [0.1, 0.15) is 11.3 Å². The molecule has 0 atom stereocenters. The van der Waals surface area contributed by atoms with Crippen molar-refractivity contribution >= 4 is 0 Å². The SMILES string of the molecule is COc1ccnc(COc2cc(C)cc(O)c2)c1OC. The van der Waals surface area contributed by atoms with Crippen LogP contribution in [0.15, 0.2) is 30.5 Å². The molecule has 0 spiro atoms. The van der Waals surface area contributed by atoms with E-state index >= 15 is 0 Å². The van der Waals surface area contributed by atoms with Gasteiger partial charge in [0.1, 0.15) is 23.8 Å². The minimum absolute atomic E-state index is 0.172. The van der Waals surface area contributed by atoms with E-state index in [1.165, 1.54) is 0 Å². The molecule has 0 unspecified atom stereocenters. The van der Waals surface area contributed by atoms with Crippen LogP contribution < -0.4 is 14.2 Å². The van der Waals surface area contributed by atoms with Gasteiger partial charge in [-0.1, -0.05) is 0 Å². The molecule has 0 radical (unpaired) electrons. The fourth-order valence-electron chi connectivity index (χ4n) is 1.92. The largest absolute Gasteiger partial charge is 0.508 e. The van der Waals surface area contributed by atoms with E-state index in [4.69, 9.17) is 14.2 Å². The predicted molar refractivity (Wildman–Crippen MR) is 74.5 cm³/mol. The molecule has 1 aromatic carbocycles. The first-order valence-corrected chi connectivity index (χ1v) is 6.13. The van der Waals surface area contributed by atoms with E-state index in [-0.39, 0.29) is 12.4 Å². The van der Waals surface area contributed by atoms with E-state index in [0.717, 1.165) is 5.56 Å². The first-order valence-electron chi connectivity index (χ1n) is 6.13. The van der Waals surface area contributed by atoms with Crippen LogP contribution in [-0.2, 0) is 6.61 Å². The highest BCUT2D eigenvalue weighted by atomic mass is 16.5. The summed E-state index contributed by atoms with van der Waals surface area (Å²) < 4.78 is 16.1. The van der Waals surface area contributed by atoms with Crippen LogP contribution in [0.5, 0.6) is 23.0 Å². The Kier molecular flexibility index (Phi) is 4.30. The molecule has 1 heterocycles. The molecule has 1 N–H and O–H groups in total. The number of aryl methyl sites for hydroxylation is 1. The van der Waals surface area contributed by atoms with Crippen molar-refractivity contribution in [3.63, 3.8) is 0 Å². The summed E-state index contributed by atoms with van der Waals surface area (Å²) in [5.74, 6) is 1.90. The van der Waals surface area contributed by atoms with Crippen LogP contribution >= 0.6 is 0 Å². The van der Waals surface area contributed by atoms with Crippen molar-refractivity contribution in [3.8, 4) is 23.0 Å². The second kappa shape index (κ2) is 6.14. The summed E-state index contributed by atoms with van der Waals surface area (Å²) in [5.41, 5.74) is 1.55. The molecule has 20 heavy (non-hydrogen) atoms. The number of hydrogen-bond acceptors (Lipinski definition) is 5. The van der Waals surface area contributed by atoms with Gasteiger partial charge < -0.3 is 19.3 Å². The molecular weight excluding hydrogens is 258 g/mol. The smallest absolute Gasteiger partial charge is 0.185 e. The number of benzene rings is 1.